The summed E-state index contributed by atoms with van der Waals surface area (Å²) < 4.78 is 12.5. The number of amides is 1. The van der Waals surface area contributed by atoms with Gasteiger partial charge in [-0.15, -0.1) is 0 Å². The highest BCUT2D eigenvalue weighted by molar-refractivity contribution is 7.80. The van der Waals surface area contributed by atoms with Gasteiger partial charge < -0.3 is 19.1 Å². The Morgan fingerprint density at radius 2 is 2.07 bits per heavy atom. The van der Waals surface area contributed by atoms with Crippen LogP contribution in [0.3, 0.4) is 0 Å². The Morgan fingerprint density at radius 1 is 1.32 bits per heavy atom. The number of nitrogens with one attached hydrogen (secondary N) is 3. The molecule has 1 amide bonds. The summed E-state index contributed by atoms with van der Waals surface area (Å²) in [6.07, 6.45) is 0. The van der Waals surface area contributed by atoms with Crippen LogP contribution < -0.4 is 26.9 Å². The molecule has 10 nitrogen and oxygen atoms in total. The first-order chi connectivity index (χ1) is 13.4. The highest BCUT2D eigenvalue weighted by Gasteiger charge is 2.21. The van der Waals surface area contributed by atoms with Crippen LogP contribution in [0.4, 0.5) is 0 Å². The molecule has 0 saturated carbocycles. The number of benzene rings is 1. The van der Waals surface area contributed by atoms with E-state index in [4.69, 9.17) is 27.5 Å². The van der Waals surface area contributed by atoms with Crippen molar-refractivity contribution in [2.75, 3.05) is 19.8 Å². The predicted octanol–water partition coefficient (Wildman–Crippen LogP) is -0.133. The van der Waals surface area contributed by atoms with E-state index in [0.717, 1.165) is 5.52 Å². The molecule has 1 heterocycles. The van der Waals surface area contributed by atoms with Crippen molar-refractivity contribution in [1.82, 2.24) is 20.8 Å². The topological polar surface area (TPSA) is 140 Å². The summed E-state index contributed by atoms with van der Waals surface area (Å²) in [6, 6.07) is 5.10. The van der Waals surface area contributed by atoms with Crippen molar-refractivity contribution < 1.29 is 24.2 Å². The number of hydrogen-bond acceptors (Lipinski definition) is 7. The van der Waals surface area contributed by atoms with E-state index in [-0.39, 0.29) is 24.9 Å². The molecule has 0 spiro atoms. The minimum Gasteiger partial charge on any atom is -0.484 e. The summed E-state index contributed by atoms with van der Waals surface area (Å²) in [7, 11) is 0. The molecule has 152 valence electrons. The van der Waals surface area contributed by atoms with Gasteiger partial charge in [-0.3, -0.25) is 21.1 Å². The maximum absolute atomic E-state index is 12.4. The summed E-state index contributed by atoms with van der Waals surface area (Å²) in [6.45, 7) is 3.75. The molecule has 0 unspecified atom stereocenters. The third-order valence-electron chi connectivity index (χ3n) is 3.91. The summed E-state index contributed by atoms with van der Waals surface area (Å²) in [4.78, 5) is 24.2. The highest BCUT2D eigenvalue weighted by Crippen LogP contribution is 2.30. The zero-order valence-electron chi connectivity index (χ0n) is 15.6. The zero-order valence-corrected chi connectivity index (χ0v) is 16.4. The monoisotopic (exact) mass is 409 g/mol. The number of rotatable bonds is 7. The Bertz CT molecular complexity index is 882. The minimum atomic E-state index is -0.475. The largest absolute Gasteiger partial charge is 0.484 e. The van der Waals surface area contributed by atoms with Gasteiger partial charge in [0.25, 0.3) is 5.91 Å². The number of carbonyl (C=O) groups is 2. The van der Waals surface area contributed by atoms with Crippen LogP contribution in [0.5, 0.6) is 5.75 Å². The number of aliphatic hydroxyl groups excluding tert-OH is 1. The standard InChI is InChI=1S/C17H23N5O5S/c1-3-26-16(25)15-10(2)22(6-7-23)13-5-4-11(8-12(13)15)27-9-14(24)20-21-17(28)19-18/h4-5,8,23H,3,6-7,9,18H2,1-2H3,(H,20,24)(H2,19,21,28). The number of nitrogens with zero attached hydrogens (tertiary/aromatic N) is 1. The molecule has 28 heavy (non-hydrogen) atoms. The predicted molar refractivity (Wildman–Crippen MR) is 106 cm³/mol. The zero-order chi connectivity index (χ0) is 20.7. The van der Waals surface area contributed by atoms with E-state index in [1.807, 2.05) is 4.57 Å². The van der Waals surface area contributed by atoms with Crippen LogP contribution >= 0.6 is 12.2 Å². The molecule has 0 aliphatic heterocycles. The van der Waals surface area contributed by atoms with Gasteiger partial charge in [0, 0.05) is 23.1 Å². The van der Waals surface area contributed by atoms with E-state index in [1.54, 1.807) is 32.0 Å². The molecule has 0 fully saturated rings. The number of ether oxygens (including phenoxy) is 2. The summed E-state index contributed by atoms with van der Waals surface area (Å²) in [5.74, 6) is 4.55. The van der Waals surface area contributed by atoms with Crippen LogP contribution in [0.15, 0.2) is 18.2 Å². The van der Waals surface area contributed by atoms with Gasteiger partial charge in [0.1, 0.15) is 5.75 Å². The van der Waals surface area contributed by atoms with E-state index in [2.05, 4.69) is 16.3 Å². The Kier molecular flexibility index (Phi) is 7.55. The third kappa shape index (κ3) is 4.88. The molecule has 0 aliphatic carbocycles. The first kappa shape index (κ1) is 21.4. The second-order valence-corrected chi connectivity index (χ2v) is 6.08. The van der Waals surface area contributed by atoms with Crippen molar-refractivity contribution in [3.05, 3.63) is 29.5 Å². The number of aliphatic hydroxyl groups is 1. The van der Waals surface area contributed by atoms with Crippen molar-refractivity contribution >= 4 is 40.1 Å². The molecule has 0 aliphatic rings. The van der Waals surface area contributed by atoms with E-state index in [9.17, 15) is 14.7 Å². The normalized spacial score (nSPS) is 10.4. The van der Waals surface area contributed by atoms with Crippen LogP contribution in [0.1, 0.15) is 23.0 Å². The van der Waals surface area contributed by atoms with Crippen molar-refractivity contribution in [3.8, 4) is 5.75 Å². The van der Waals surface area contributed by atoms with Crippen molar-refractivity contribution in [2.24, 2.45) is 5.84 Å². The van der Waals surface area contributed by atoms with Crippen LogP contribution in [0.2, 0.25) is 0 Å². The lowest BCUT2D eigenvalue weighted by Crippen LogP contribution is -2.50. The van der Waals surface area contributed by atoms with Gasteiger partial charge in [0.2, 0.25) is 0 Å². The van der Waals surface area contributed by atoms with E-state index in [0.29, 0.717) is 28.9 Å². The Hall–Kier alpha value is -2.89. The molecule has 2 rings (SSSR count). The van der Waals surface area contributed by atoms with Crippen LogP contribution in [0.25, 0.3) is 10.9 Å². The van der Waals surface area contributed by atoms with Crippen molar-refractivity contribution in [1.29, 1.82) is 0 Å². The fourth-order valence-electron chi connectivity index (χ4n) is 2.75. The van der Waals surface area contributed by atoms with Crippen molar-refractivity contribution in [3.63, 3.8) is 0 Å². The van der Waals surface area contributed by atoms with Gasteiger partial charge in [0.05, 0.1) is 18.8 Å². The summed E-state index contributed by atoms with van der Waals surface area (Å²) in [5, 5.41) is 10.00. The number of aromatic nitrogens is 1. The minimum absolute atomic E-state index is 0.0505. The number of carbonyl (C=O) groups excluding carboxylic acids is 2. The molecule has 1 aromatic heterocycles. The summed E-state index contributed by atoms with van der Waals surface area (Å²) in [5.41, 5.74) is 8.71. The number of hydrazine groups is 2. The maximum Gasteiger partial charge on any atom is 0.340 e. The van der Waals surface area contributed by atoms with E-state index in [1.165, 1.54) is 0 Å². The molecule has 2 aromatic rings. The Balaban J connectivity index is 2.25. The lowest BCUT2D eigenvalue weighted by atomic mass is 10.1. The molecule has 0 atom stereocenters. The van der Waals surface area contributed by atoms with Crippen LogP contribution in [-0.4, -0.2) is 46.5 Å². The molecular weight excluding hydrogens is 386 g/mol. The quantitative estimate of drug-likeness (QED) is 0.183. The third-order valence-corrected chi connectivity index (χ3v) is 4.13. The van der Waals surface area contributed by atoms with E-state index < -0.39 is 11.9 Å². The second-order valence-electron chi connectivity index (χ2n) is 5.67. The molecular formula is C17H23N5O5S. The molecule has 6 N–H and O–H groups in total. The Labute approximate surface area is 166 Å². The van der Waals surface area contributed by atoms with Crippen LogP contribution in [0, 0.1) is 6.92 Å². The van der Waals surface area contributed by atoms with Gasteiger partial charge in [-0.05, 0) is 44.3 Å². The maximum atomic E-state index is 12.4. The molecule has 0 bridgehead atoms. The molecule has 11 heteroatoms. The SMILES string of the molecule is CCOC(=O)c1c(C)n(CCO)c2ccc(OCC(=O)NNC(=S)NN)cc12. The number of hydrogen-bond donors (Lipinski definition) is 5. The average molecular weight is 409 g/mol. The number of nitrogens with two attached hydrogens (primary N) is 1. The Morgan fingerprint density at radius 3 is 2.71 bits per heavy atom. The summed E-state index contributed by atoms with van der Waals surface area (Å²) >= 11 is 4.73. The fourth-order valence-corrected chi connectivity index (χ4v) is 2.80. The van der Waals surface area contributed by atoms with Gasteiger partial charge >= 0.3 is 5.97 Å². The van der Waals surface area contributed by atoms with Crippen molar-refractivity contribution in [2.45, 2.75) is 20.4 Å². The van der Waals surface area contributed by atoms with Gasteiger partial charge in [0.15, 0.2) is 11.7 Å². The molecule has 0 saturated heterocycles. The molecule has 0 radical (unpaired) electrons. The first-order valence-electron chi connectivity index (χ1n) is 8.52. The van der Waals surface area contributed by atoms with Gasteiger partial charge in [-0.2, -0.15) is 0 Å². The fraction of sp³-hybridized carbons (Fsp3) is 0.353. The lowest BCUT2D eigenvalue weighted by molar-refractivity contribution is -0.123. The van der Waals surface area contributed by atoms with Crippen LogP contribution in [-0.2, 0) is 16.1 Å². The number of thiocarbonyl (C=S) groups is 1. The number of esters is 1. The second kappa shape index (κ2) is 9.88. The average Bonchev–Trinajstić information content (AvgIpc) is 2.96. The smallest absolute Gasteiger partial charge is 0.340 e. The van der Waals surface area contributed by atoms with Gasteiger partial charge in [-0.25, -0.2) is 10.6 Å². The number of fused-ring (bicyclic) bond motifs is 1. The first-order valence-corrected chi connectivity index (χ1v) is 8.92. The highest BCUT2D eigenvalue weighted by atomic mass is 32.1. The lowest BCUT2D eigenvalue weighted by Gasteiger charge is -2.10. The van der Waals surface area contributed by atoms with Gasteiger partial charge in [-0.1, -0.05) is 0 Å². The molecule has 1 aromatic carbocycles. The van der Waals surface area contributed by atoms with E-state index >= 15 is 0 Å².